The van der Waals surface area contributed by atoms with E-state index in [4.69, 9.17) is 11.6 Å². The van der Waals surface area contributed by atoms with Gasteiger partial charge in [0.2, 0.25) is 0 Å². The summed E-state index contributed by atoms with van der Waals surface area (Å²) in [5.41, 5.74) is 3.26. The van der Waals surface area contributed by atoms with Gasteiger partial charge in [-0.05, 0) is 36.4 Å². The van der Waals surface area contributed by atoms with Gasteiger partial charge in [0.1, 0.15) is 0 Å². The Balaban J connectivity index is 1.35. The number of nitrogens with zero attached hydrogens (tertiary/aromatic N) is 5. The average Bonchev–Trinajstić information content (AvgIpc) is 3.12. The van der Waals surface area contributed by atoms with E-state index in [-0.39, 0.29) is 0 Å². The smallest absolute Gasteiger partial charge is 0.0971 e. The molecular formula is C19H20ClN5. The van der Waals surface area contributed by atoms with Crippen LogP contribution in [0.4, 0.5) is 5.69 Å². The van der Waals surface area contributed by atoms with Crippen LogP contribution >= 0.6 is 11.6 Å². The number of para-hydroxylation sites is 1. The van der Waals surface area contributed by atoms with Crippen LogP contribution in [-0.4, -0.2) is 46.1 Å². The zero-order chi connectivity index (χ0) is 17.1. The van der Waals surface area contributed by atoms with Gasteiger partial charge >= 0.3 is 0 Å². The normalized spacial score (nSPS) is 15.5. The van der Waals surface area contributed by atoms with Crippen LogP contribution in [0.15, 0.2) is 60.8 Å². The summed E-state index contributed by atoms with van der Waals surface area (Å²) < 4.78 is 1.80. The lowest BCUT2D eigenvalue weighted by Gasteiger charge is -2.35. The van der Waals surface area contributed by atoms with Crippen LogP contribution in [-0.2, 0) is 6.54 Å². The highest BCUT2D eigenvalue weighted by molar-refractivity contribution is 6.30. The molecule has 1 fully saturated rings. The van der Waals surface area contributed by atoms with Crippen LogP contribution in [0, 0.1) is 0 Å². The molecule has 25 heavy (non-hydrogen) atoms. The molecule has 0 N–H and O–H groups in total. The van der Waals surface area contributed by atoms with Gasteiger partial charge in [-0.15, -0.1) is 5.10 Å². The molecule has 1 saturated heterocycles. The molecule has 2 aromatic carbocycles. The van der Waals surface area contributed by atoms with Crippen LogP contribution in [0.3, 0.4) is 0 Å². The first kappa shape index (κ1) is 16.1. The van der Waals surface area contributed by atoms with Crippen LogP contribution in [0.1, 0.15) is 5.69 Å². The van der Waals surface area contributed by atoms with Crippen molar-refractivity contribution in [3.8, 4) is 5.69 Å². The fraction of sp³-hybridized carbons (Fsp3) is 0.263. The minimum atomic E-state index is 0.723. The molecule has 3 aromatic rings. The predicted molar refractivity (Wildman–Crippen MR) is 100 cm³/mol. The van der Waals surface area contributed by atoms with E-state index in [1.54, 1.807) is 4.68 Å². The summed E-state index contributed by atoms with van der Waals surface area (Å²) in [5.74, 6) is 0. The van der Waals surface area contributed by atoms with E-state index in [0.717, 1.165) is 49.1 Å². The molecule has 128 valence electrons. The molecule has 0 spiro atoms. The van der Waals surface area contributed by atoms with Crippen molar-refractivity contribution in [2.45, 2.75) is 6.54 Å². The molecule has 0 radical (unpaired) electrons. The van der Waals surface area contributed by atoms with Crippen LogP contribution in [0.2, 0.25) is 5.02 Å². The molecule has 4 rings (SSSR count). The molecule has 6 heteroatoms. The summed E-state index contributed by atoms with van der Waals surface area (Å²) >= 11 is 5.93. The highest BCUT2D eigenvalue weighted by atomic mass is 35.5. The van der Waals surface area contributed by atoms with Crippen LogP contribution in [0.5, 0.6) is 0 Å². The Kier molecular flexibility index (Phi) is 4.68. The molecule has 1 aliphatic rings. The third kappa shape index (κ3) is 3.83. The maximum absolute atomic E-state index is 5.93. The topological polar surface area (TPSA) is 37.2 Å². The number of aromatic nitrogens is 3. The van der Waals surface area contributed by atoms with Crippen molar-refractivity contribution in [2.75, 3.05) is 31.1 Å². The quantitative estimate of drug-likeness (QED) is 0.721. The largest absolute Gasteiger partial charge is 0.369 e. The number of halogens is 1. The van der Waals surface area contributed by atoms with Gasteiger partial charge in [0, 0.05) is 43.4 Å². The van der Waals surface area contributed by atoms with Gasteiger partial charge < -0.3 is 4.90 Å². The third-order valence-corrected chi connectivity index (χ3v) is 4.76. The van der Waals surface area contributed by atoms with Crippen LogP contribution in [0.25, 0.3) is 5.69 Å². The molecule has 1 aliphatic heterocycles. The molecule has 5 nitrogen and oxygen atoms in total. The fourth-order valence-electron chi connectivity index (χ4n) is 3.12. The summed E-state index contributed by atoms with van der Waals surface area (Å²) in [6.07, 6.45) is 1.99. The van der Waals surface area contributed by atoms with Crippen molar-refractivity contribution < 1.29 is 0 Å². The van der Waals surface area contributed by atoms with Crippen molar-refractivity contribution >= 4 is 17.3 Å². The van der Waals surface area contributed by atoms with Gasteiger partial charge in [0.25, 0.3) is 0 Å². The van der Waals surface area contributed by atoms with E-state index in [1.165, 1.54) is 5.69 Å². The van der Waals surface area contributed by atoms with Crippen molar-refractivity contribution in [3.63, 3.8) is 0 Å². The van der Waals surface area contributed by atoms with E-state index in [1.807, 2.05) is 30.5 Å². The summed E-state index contributed by atoms with van der Waals surface area (Å²) in [4.78, 5) is 4.86. The Morgan fingerprint density at radius 1 is 0.840 bits per heavy atom. The lowest BCUT2D eigenvalue weighted by atomic mass is 10.2. The minimum Gasteiger partial charge on any atom is -0.369 e. The van der Waals surface area contributed by atoms with Crippen molar-refractivity contribution in [1.29, 1.82) is 0 Å². The van der Waals surface area contributed by atoms with E-state index < -0.39 is 0 Å². The van der Waals surface area contributed by atoms with Gasteiger partial charge in [0.05, 0.1) is 17.6 Å². The van der Waals surface area contributed by atoms with E-state index in [0.29, 0.717) is 0 Å². The van der Waals surface area contributed by atoms with Gasteiger partial charge in [-0.1, -0.05) is 35.0 Å². The van der Waals surface area contributed by atoms with E-state index >= 15 is 0 Å². The number of hydrogen-bond donors (Lipinski definition) is 0. The maximum Gasteiger partial charge on any atom is 0.0971 e. The van der Waals surface area contributed by atoms with E-state index in [9.17, 15) is 0 Å². The second-order valence-electron chi connectivity index (χ2n) is 6.23. The standard InChI is InChI=1S/C19H20ClN5/c20-16-6-8-19(9-7-16)25-15-17(21-22-25)14-23-10-12-24(13-11-23)18-4-2-1-3-5-18/h1-9,15H,10-14H2. The summed E-state index contributed by atoms with van der Waals surface area (Å²) in [6, 6.07) is 18.2. The van der Waals surface area contributed by atoms with Crippen molar-refractivity contribution in [1.82, 2.24) is 19.9 Å². The SMILES string of the molecule is Clc1ccc(-n2cc(CN3CCN(c4ccccc4)CC3)nn2)cc1. The van der Waals surface area contributed by atoms with Crippen molar-refractivity contribution in [2.24, 2.45) is 0 Å². The van der Waals surface area contributed by atoms with Gasteiger partial charge in [-0.25, -0.2) is 4.68 Å². The Morgan fingerprint density at radius 2 is 1.56 bits per heavy atom. The minimum absolute atomic E-state index is 0.723. The average molecular weight is 354 g/mol. The van der Waals surface area contributed by atoms with Gasteiger partial charge in [-0.3, -0.25) is 4.90 Å². The number of anilines is 1. The van der Waals surface area contributed by atoms with Crippen LogP contribution < -0.4 is 4.90 Å². The summed E-state index contributed by atoms with van der Waals surface area (Å²) in [7, 11) is 0. The lowest BCUT2D eigenvalue weighted by molar-refractivity contribution is 0.247. The first-order chi connectivity index (χ1) is 12.3. The molecule has 0 saturated carbocycles. The first-order valence-corrected chi connectivity index (χ1v) is 8.85. The number of rotatable bonds is 4. The molecule has 0 unspecified atom stereocenters. The Labute approximate surface area is 152 Å². The van der Waals surface area contributed by atoms with E-state index in [2.05, 4.69) is 50.4 Å². The number of hydrogen-bond acceptors (Lipinski definition) is 4. The lowest BCUT2D eigenvalue weighted by Crippen LogP contribution is -2.46. The molecule has 2 heterocycles. The van der Waals surface area contributed by atoms with Crippen molar-refractivity contribution in [3.05, 3.63) is 71.5 Å². The summed E-state index contributed by atoms with van der Waals surface area (Å²) in [5, 5.41) is 9.26. The number of benzene rings is 2. The van der Waals surface area contributed by atoms with Gasteiger partial charge in [-0.2, -0.15) is 0 Å². The number of piperazine rings is 1. The molecule has 0 bridgehead atoms. The molecule has 1 aromatic heterocycles. The Morgan fingerprint density at radius 3 is 2.28 bits per heavy atom. The Bertz CT molecular complexity index is 807. The molecular weight excluding hydrogens is 334 g/mol. The Hall–Kier alpha value is -2.37. The second kappa shape index (κ2) is 7.25. The highest BCUT2D eigenvalue weighted by Crippen LogP contribution is 2.17. The fourth-order valence-corrected chi connectivity index (χ4v) is 3.25. The molecule has 0 atom stereocenters. The molecule has 0 aliphatic carbocycles. The maximum atomic E-state index is 5.93. The second-order valence-corrected chi connectivity index (χ2v) is 6.67. The molecule has 0 amide bonds. The summed E-state index contributed by atoms with van der Waals surface area (Å²) in [6.45, 7) is 4.96. The zero-order valence-electron chi connectivity index (χ0n) is 13.9. The first-order valence-electron chi connectivity index (χ1n) is 8.47. The third-order valence-electron chi connectivity index (χ3n) is 4.51. The highest BCUT2D eigenvalue weighted by Gasteiger charge is 2.18. The predicted octanol–water partition coefficient (Wildman–Crippen LogP) is 3.24. The van der Waals surface area contributed by atoms with Gasteiger partial charge in [0.15, 0.2) is 0 Å². The zero-order valence-corrected chi connectivity index (χ0v) is 14.7. The monoisotopic (exact) mass is 353 g/mol.